The van der Waals surface area contributed by atoms with Gasteiger partial charge in [-0.2, -0.15) is 0 Å². The number of benzene rings is 1. The predicted octanol–water partition coefficient (Wildman–Crippen LogP) is 4.63. The summed E-state index contributed by atoms with van der Waals surface area (Å²) in [4.78, 5) is 38.9. The van der Waals surface area contributed by atoms with Gasteiger partial charge in [-0.1, -0.05) is 18.2 Å². The fraction of sp³-hybridized carbons (Fsp3) is 0.364. The summed E-state index contributed by atoms with van der Waals surface area (Å²) in [5, 5.41) is 1.56. The summed E-state index contributed by atoms with van der Waals surface area (Å²) in [6.45, 7) is 0.388. The number of aryl methyl sites for hydroxylation is 2. The van der Waals surface area contributed by atoms with E-state index in [4.69, 9.17) is 0 Å². The normalized spacial score (nSPS) is 19.2. The Hall–Kier alpha value is -2.32. The van der Waals surface area contributed by atoms with Crippen molar-refractivity contribution in [3.63, 3.8) is 0 Å². The molecular weight excluding hydrogens is 421 g/mol. The summed E-state index contributed by atoms with van der Waals surface area (Å²) in [6.07, 6.45) is 7.17. The van der Waals surface area contributed by atoms with Crippen LogP contribution in [-0.4, -0.2) is 38.5 Å². The molecule has 1 saturated heterocycles. The van der Waals surface area contributed by atoms with E-state index in [1.54, 1.807) is 17.7 Å². The van der Waals surface area contributed by atoms with Crippen molar-refractivity contribution in [1.29, 1.82) is 0 Å². The zero-order chi connectivity index (χ0) is 20.7. The Morgan fingerprint density at radius 3 is 2.80 bits per heavy atom. The second-order valence-corrected chi connectivity index (χ2v) is 9.90. The second kappa shape index (κ2) is 8.07. The molecule has 1 fully saturated rings. The lowest BCUT2D eigenvalue weighted by atomic mass is 10.2. The number of imide groups is 1. The minimum absolute atomic E-state index is 0.189. The Kier molecular flexibility index (Phi) is 5.28. The van der Waals surface area contributed by atoms with Crippen LogP contribution >= 0.6 is 23.1 Å². The van der Waals surface area contributed by atoms with Gasteiger partial charge in [0.15, 0.2) is 0 Å². The molecule has 3 aromatic rings. The van der Waals surface area contributed by atoms with Gasteiger partial charge >= 0.3 is 0 Å². The van der Waals surface area contributed by atoms with Crippen LogP contribution in [0.1, 0.15) is 46.5 Å². The van der Waals surface area contributed by atoms with Gasteiger partial charge in [-0.3, -0.25) is 14.5 Å². The van der Waals surface area contributed by atoms with Crippen LogP contribution in [0.4, 0.5) is 4.39 Å². The molecule has 0 N–H and O–H groups in total. The van der Waals surface area contributed by atoms with E-state index < -0.39 is 5.82 Å². The number of nitrogens with zero attached hydrogens (tertiary/aromatic N) is 3. The monoisotopic (exact) mass is 441 g/mol. The topological polar surface area (TPSA) is 63.2 Å². The van der Waals surface area contributed by atoms with Crippen molar-refractivity contribution in [3.8, 4) is 0 Å². The van der Waals surface area contributed by atoms with E-state index in [0.29, 0.717) is 18.5 Å². The number of thioether (sulfide) groups is 1. The van der Waals surface area contributed by atoms with E-state index in [9.17, 15) is 14.0 Å². The number of carbonyl (C=O) groups excluding carboxylic acids is 2. The van der Waals surface area contributed by atoms with Crippen molar-refractivity contribution >= 4 is 45.1 Å². The fourth-order valence-corrected chi connectivity index (χ4v) is 6.71. The standard InChI is InChI=1S/C22H20FN3O2S2/c23-14-9-7-13(8-10-14)21(27)26-11-2-1-5-17(22(26)28)30-20-18-15-4-3-6-16(15)29-19(18)24-12-25-20/h7-10,12,17H,1-6,11H2/t17-/m1/s1. The minimum Gasteiger partial charge on any atom is -0.278 e. The van der Waals surface area contributed by atoms with Gasteiger partial charge in [-0.15, -0.1) is 11.3 Å². The van der Waals surface area contributed by atoms with Crippen molar-refractivity contribution in [1.82, 2.24) is 14.9 Å². The first kappa shape index (κ1) is 19.6. The summed E-state index contributed by atoms with van der Waals surface area (Å²) >= 11 is 3.18. The van der Waals surface area contributed by atoms with Gasteiger partial charge in [0, 0.05) is 22.4 Å². The highest BCUT2D eigenvalue weighted by Crippen LogP contribution is 2.42. The van der Waals surface area contributed by atoms with Gasteiger partial charge in [0.05, 0.1) is 5.25 Å². The molecule has 0 radical (unpaired) electrons. The zero-order valence-corrected chi connectivity index (χ0v) is 17.9. The number of halogens is 1. The molecular formula is C22H20FN3O2S2. The van der Waals surface area contributed by atoms with Crippen molar-refractivity contribution in [2.45, 2.75) is 48.8 Å². The maximum absolute atomic E-state index is 13.3. The lowest BCUT2D eigenvalue weighted by Gasteiger charge is -2.22. The molecule has 2 amide bonds. The van der Waals surface area contributed by atoms with Crippen molar-refractivity contribution in [2.75, 3.05) is 6.54 Å². The van der Waals surface area contributed by atoms with Crippen LogP contribution in [0.25, 0.3) is 10.2 Å². The molecule has 0 saturated carbocycles. The Morgan fingerprint density at radius 1 is 1.13 bits per heavy atom. The number of carbonyl (C=O) groups is 2. The summed E-state index contributed by atoms with van der Waals surface area (Å²) < 4.78 is 13.2. The molecule has 0 spiro atoms. The van der Waals surface area contributed by atoms with E-state index in [1.807, 2.05) is 0 Å². The van der Waals surface area contributed by atoms with Crippen molar-refractivity contribution < 1.29 is 14.0 Å². The van der Waals surface area contributed by atoms with Gasteiger partial charge in [0.2, 0.25) is 5.91 Å². The predicted molar refractivity (Wildman–Crippen MR) is 115 cm³/mol. The van der Waals surface area contributed by atoms with Crippen LogP contribution in [-0.2, 0) is 17.6 Å². The number of rotatable bonds is 3. The molecule has 1 aliphatic carbocycles. The lowest BCUT2D eigenvalue weighted by molar-refractivity contribution is -0.127. The molecule has 154 valence electrons. The molecule has 1 aliphatic heterocycles. The highest BCUT2D eigenvalue weighted by molar-refractivity contribution is 8.00. The average Bonchev–Trinajstić information content (AvgIpc) is 3.29. The highest BCUT2D eigenvalue weighted by atomic mass is 32.2. The molecule has 0 unspecified atom stereocenters. The van der Waals surface area contributed by atoms with Crippen LogP contribution < -0.4 is 0 Å². The number of likely N-dealkylation sites (tertiary alicyclic amines) is 1. The maximum Gasteiger partial charge on any atom is 0.260 e. The molecule has 5 nitrogen and oxygen atoms in total. The number of hydrogen-bond acceptors (Lipinski definition) is 6. The van der Waals surface area contributed by atoms with Gasteiger partial charge < -0.3 is 0 Å². The van der Waals surface area contributed by atoms with Crippen LogP contribution in [0.2, 0.25) is 0 Å². The Labute approximate surface area is 181 Å². The number of thiophene rings is 1. The molecule has 1 aromatic carbocycles. The second-order valence-electron chi connectivity index (χ2n) is 7.62. The molecule has 3 heterocycles. The first-order valence-corrected chi connectivity index (χ1v) is 11.8. The number of aromatic nitrogens is 2. The van der Waals surface area contributed by atoms with Crippen molar-refractivity contribution in [3.05, 3.63) is 52.4 Å². The largest absolute Gasteiger partial charge is 0.278 e. The zero-order valence-electron chi connectivity index (χ0n) is 16.3. The van der Waals surface area contributed by atoms with Gasteiger partial charge in [0.1, 0.15) is 22.0 Å². The molecule has 0 bridgehead atoms. The summed E-state index contributed by atoms with van der Waals surface area (Å²) in [7, 11) is 0. The maximum atomic E-state index is 13.3. The Morgan fingerprint density at radius 2 is 1.97 bits per heavy atom. The van der Waals surface area contributed by atoms with Crippen LogP contribution in [0.5, 0.6) is 0 Å². The molecule has 1 atom stereocenters. The third kappa shape index (κ3) is 3.52. The van der Waals surface area contributed by atoms with E-state index in [-0.39, 0.29) is 17.1 Å². The molecule has 2 aliphatic rings. The number of hydrogen-bond donors (Lipinski definition) is 0. The summed E-state index contributed by atoms with van der Waals surface area (Å²) in [5.74, 6) is -0.958. The van der Waals surface area contributed by atoms with Crippen LogP contribution in [0.15, 0.2) is 35.6 Å². The third-order valence-electron chi connectivity index (χ3n) is 5.70. The van der Waals surface area contributed by atoms with E-state index in [2.05, 4.69) is 9.97 Å². The highest BCUT2D eigenvalue weighted by Gasteiger charge is 2.33. The van der Waals surface area contributed by atoms with Crippen LogP contribution in [0, 0.1) is 5.82 Å². The quantitative estimate of drug-likeness (QED) is 0.438. The van der Waals surface area contributed by atoms with E-state index in [0.717, 1.165) is 47.3 Å². The van der Waals surface area contributed by atoms with Gasteiger partial charge in [0.25, 0.3) is 5.91 Å². The van der Waals surface area contributed by atoms with Gasteiger partial charge in [-0.25, -0.2) is 14.4 Å². The Bertz CT molecular complexity index is 1130. The average molecular weight is 442 g/mol. The van der Waals surface area contributed by atoms with Crippen LogP contribution in [0.3, 0.4) is 0 Å². The molecule has 2 aromatic heterocycles. The minimum atomic E-state index is -0.404. The lowest BCUT2D eigenvalue weighted by Crippen LogP contribution is -2.41. The van der Waals surface area contributed by atoms with Gasteiger partial charge in [-0.05, 0) is 61.9 Å². The molecule has 5 rings (SSSR count). The SMILES string of the molecule is O=C(c1ccc(F)cc1)N1CCCC[C@@H](Sc2ncnc3sc4c(c23)CCC4)C1=O. The fourth-order valence-electron chi connectivity index (χ4n) is 4.19. The molecule has 30 heavy (non-hydrogen) atoms. The number of amides is 2. The third-order valence-corrected chi connectivity index (χ3v) is 8.15. The smallest absolute Gasteiger partial charge is 0.260 e. The Balaban J connectivity index is 1.43. The number of fused-ring (bicyclic) bond motifs is 3. The first-order chi connectivity index (χ1) is 14.6. The van der Waals surface area contributed by atoms with Crippen molar-refractivity contribution in [2.24, 2.45) is 0 Å². The first-order valence-electron chi connectivity index (χ1n) is 10.1. The van der Waals surface area contributed by atoms with E-state index in [1.165, 1.54) is 51.4 Å². The summed E-state index contributed by atoms with van der Waals surface area (Å²) in [5.41, 5.74) is 1.66. The van der Waals surface area contributed by atoms with E-state index >= 15 is 0 Å². The molecule has 8 heteroatoms. The summed E-state index contributed by atoms with van der Waals surface area (Å²) in [6, 6.07) is 5.36.